The van der Waals surface area contributed by atoms with Crippen LogP contribution in [0.5, 0.6) is 0 Å². The van der Waals surface area contributed by atoms with E-state index < -0.39 is 96.5 Å². The number of rotatable bonds is 8. The van der Waals surface area contributed by atoms with E-state index in [1.54, 1.807) is 6.92 Å². The van der Waals surface area contributed by atoms with Crippen molar-refractivity contribution in [2.45, 2.75) is 160 Å². The molecule has 1 spiro atoms. The lowest BCUT2D eigenvalue weighted by Gasteiger charge is -2.62. The number of hydrogen-bond acceptors (Lipinski definition) is 12. The van der Waals surface area contributed by atoms with E-state index in [2.05, 4.69) is 29.0 Å². The maximum Gasteiger partial charge on any atom is 0.443 e. The monoisotopic (exact) mass is 813 g/mol. The average molecular weight is 814 g/mol. The highest BCUT2D eigenvalue weighted by Crippen LogP contribution is 2.65. The lowest BCUT2D eigenvalue weighted by molar-refractivity contribution is -0.599. The van der Waals surface area contributed by atoms with Crippen LogP contribution in [0.4, 0.5) is 26.3 Å². The van der Waals surface area contributed by atoms with Crippen LogP contribution in [0.2, 0.25) is 0 Å². The van der Waals surface area contributed by atoms with Crippen LogP contribution in [0.1, 0.15) is 98.6 Å². The molecule has 13 nitrogen and oxygen atoms in total. The first-order valence-corrected chi connectivity index (χ1v) is 19.9. The molecule has 6 aliphatic heterocycles. The third-order valence-electron chi connectivity index (χ3n) is 14.8. The molecule has 0 aromatic carbocycles. The summed E-state index contributed by atoms with van der Waals surface area (Å²) in [4.78, 5) is 16.4. The Balaban J connectivity index is 1.02. The van der Waals surface area contributed by atoms with Crippen molar-refractivity contribution >= 4 is 0 Å². The summed E-state index contributed by atoms with van der Waals surface area (Å²) in [7, 11) is 0. The summed E-state index contributed by atoms with van der Waals surface area (Å²) in [6.45, 7) is 8.43. The largest absolute Gasteiger partial charge is 0.443 e. The molecule has 0 radical (unpaired) electrons. The zero-order chi connectivity index (χ0) is 40.3. The summed E-state index contributed by atoms with van der Waals surface area (Å²) < 4.78 is 129. The van der Waals surface area contributed by atoms with Gasteiger partial charge in [-0.25, -0.2) is 24.6 Å². The highest BCUT2D eigenvalue weighted by atomic mass is 19.4. The number of ether oxygens (including phenoxy) is 6. The summed E-state index contributed by atoms with van der Waals surface area (Å²) in [5.74, 6) is -13.1. The second-order valence-electron chi connectivity index (χ2n) is 17.8. The molecule has 8 aliphatic rings. The molecule has 2 aliphatic carbocycles. The van der Waals surface area contributed by atoms with Crippen LogP contribution in [-0.2, 0) is 56.2 Å². The Labute approximate surface area is 321 Å². The van der Waals surface area contributed by atoms with Crippen molar-refractivity contribution in [2.75, 3.05) is 6.61 Å². The summed E-state index contributed by atoms with van der Waals surface area (Å²) >= 11 is 0. The first-order valence-electron chi connectivity index (χ1n) is 19.9. The molecule has 318 valence electrons. The van der Waals surface area contributed by atoms with Crippen LogP contribution in [0.15, 0.2) is 6.20 Å². The molecule has 2 saturated carbocycles. The number of nitrogens with zero attached hydrogens (tertiary/aromatic N) is 3. The molecule has 19 heteroatoms. The Morgan fingerprint density at radius 1 is 0.786 bits per heavy atom. The minimum atomic E-state index is -5.04. The van der Waals surface area contributed by atoms with Gasteiger partial charge in [0.2, 0.25) is 11.6 Å². The Morgan fingerprint density at radius 3 is 2.21 bits per heavy atom. The Hall–Kier alpha value is -1.68. The van der Waals surface area contributed by atoms with E-state index in [9.17, 15) is 5.26 Å². The van der Waals surface area contributed by atoms with Crippen LogP contribution in [0, 0.1) is 53.3 Å². The molecular formula is C37H53F6N3O10. The average Bonchev–Trinajstić information content (AvgIpc) is 3.36. The maximum absolute atomic E-state index is 15.4. The zero-order valence-corrected chi connectivity index (χ0v) is 32.4. The lowest BCUT2D eigenvalue weighted by atomic mass is 9.57. The molecular weight excluding hydrogens is 760 g/mol. The summed E-state index contributed by atoms with van der Waals surface area (Å²) in [5, 5.41) is 17.5. The van der Waals surface area contributed by atoms with E-state index in [1.165, 1.54) is 27.0 Å². The van der Waals surface area contributed by atoms with Crippen molar-refractivity contribution in [3.63, 3.8) is 0 Å². The molecule has 9 rings (SSSR count). The van der Waals surface area contributed by atoms with Gasteiger partial charge in [-0.15, -0.1) is 5.10 Å². The highest BCUT2D eigenvalue weighted by Gasteiger charge is 2.77. The predicted octanol–water partition coefficient (Wildman–Crippen LogP) is 7.50. The number of fused-ring (bicyclic) bond motifs is 2. The van der Waals surface area contributed by atoms with Gasteiger partial charge < -0.3 is 28.4 Å². The normalized spacial score (nSPS) is 49.1. The molecule has 56 heavy (non-hydrogen) atoms. The predicted molar refractivity (Wildman–Crippen MR) is 177 cm³/mol. The molecule has 1 unspecified atom stereocenters. The van der Waals surface area contributed by atoms with Gasteiger partial charge in [0.1, 0.15) is 0 Å². The second kappa shape index (κ2) is 13.9. The number of halogens is 6. The number of alkyl halides is 6. The van der Waals surface area contributed by atoms with Gasteiger partial charge in [0.25, 0.3) is 11.6 Å². The molecule has 7 heterocycles. The standard InChI is InChI=1S/C37H53F6N3O10/c1-19-7-9-25-21(3)34(36(38,39)40,51-29-28(25)24(19)11-13-31(5,50-29)54-47)48-16-15-46-23(17-44-45-46)18-49-35(37(41,42)43)22(4)27-10-8-20(2)26-12-14-32(6)52-30(53-35)33(26,27)56-55-32/h17,19-22,24-30,47H,7-16,18H2,1-6H3/t19-,20-,21-,22-,24+,25+,26+,27+,28?,29+,30+,31+,32+,33-,34-,35-/m1/s1. The van der Waals surface area contributed by atoms with Crippen LogP contribution in [0.3, 0.4) is 0 Å². The minimum absolute atomic E-state index is 0.0279. The van der Waals surface area contributed by atoms with E-state index in [1.807, 2.05) is 0 Å². The van der Waals surface area contributed by atoms with Crippen molar-refractivity contribution in [1.82, 2.24) is 15.0 Å². The Morgan fingerprint density at radius 2 is 1.50 bits per heavy atom. The fourth-order valence-corrected chi connectivity index (χ4v) is 11.7. The fourth-order valence-electron chi connectivity index (χ4n) is 11.7. The molecule has 0 amide bonds. The van der Waals surface area contributed by atoms with Crippen molar-refractivity contribution < 1.29 is 74.7 Å². The number of aromatic nitrogens is 3. The van der Waals surface area contributed by atoms with E-state index in [4.69, 9.17) is 38.2 Å². The topological polar surface area (TPSA) is 134 Å². The van der Waals surface area contributed by atoms with E-state index >= 15 is 26.3 Å². The van der Waals surface area contributed by atoms with Crippen molar-refractivity contribution in [3.8, 4) is 0 Å². The Bertz CT molecular complexity index is 1610. The smallest absolute Gasteiger partial charge is 0.340 e. The first kappa shape index (κ1) is 41.1. The van der Waals surface area contributed by atoms with Gasteiger partial charge in [0.15, 0.2) is 18.2 Å². The van der Waals surface area contributed by atoms with Gasteiger partial charge >= 0.3 is 12.4 Å². The highest BCUT2D eigenvalue weighted by molar-refractivity contribution is 5.13. The summed E-state index contributed by atoms with van der Waals surface area (Å²) in [6, 6.07) is 0. The molecule has 6 saturated heterocycles. The molecule has 8 fully saturated rings. The Kier molecular flexibility index (Phi) is 10.2. The molecule has 16 atom stereocenters. The number of hydrogen-bond donors (Lipinski definition) is 1. The van der Waals surface area contributed by atoms with Crippen molar-refractivity contribution in [1.29, 1.82) is 0 Å². The van der Waals surface area contributed by atoms with Gasteiger partial charge in [0.05, 0.1) is 31.6 Å². The zero-order valence-electron chi connectivity index (χ0n) is 32.4. The quantitative estimate of drug-likeness (QED) is 0.158. The van der Waals surface area contributed by atoms with Crippen LogP contribution in [0.25, 0.3) is 0 Å². The second-order valence-corrected chi connectivity index (χ2v) is 17.8. The van der Waals surface area contributed by atoms with Gasteiger partial charge in [-0.1, -0.05) is 39.3 Å². The summed E-state index contributed by atoms with van der Waals surface area (Å²) in [5.41, 5.74) is -1.23. The van der Waals surface area contributed by atoms with E-state index in [-0.39, 0.29) is 42.3 Å². The van der Waals surface area contributed by atoms with Gasteiger partial charge in [0, 0.05) is 36.5 Å². The van der Waals surface area contributed by atoms with Gasteiger partial charge in [-0.2, -0.15) is 26.3 Å². The van der Waals surface area contributed by atoms with Crippen molar-refractivity contribution in [3.05, 3.63) is 11.9 Å². The molecule has 1 aromatic heterocycles. The van der Waals surface area contributed by atoms with Crippen molar-refractivity contribution in [2.24, 2.45) is 53.3 Å². The van der Waals surface area contributed by atoms with E-state index in [0.29, 0.717) is 44.9 Å². The van der Waals surface area contributed by atoms with E-state index in [0.717, 1.165) is 4.68 Å². The lowest BCUT2D eigenvalue weighted by Crippen LogP contribution is -2.75. The molecule has 1 aromatic rings. The van der Waals surface area contributed by atoms with Crippen LogP contribution in [-0.4, -0.2) is 80.5 Å². The van der Waals surface area contributed by atoms with Gasteiger partial charge in [-0.05, 0) is 75.5 Å². The van der Waals surface area contributed by atoms with Crippen LogP contribution < -0.4 is 0 Å². The minimum Gasteiger partial charge on any atom is -0.340 e. The van der Waals surface area contributed by atoms with Crippen LogP contribution >= 0.6 is 0 Å². The SMILES string of the molecule is C[C@@H]1CC[C@@H]2C3[C@@H](O[C@@](C)(OO)CC[C@H]31)O[C@@](OCCn1nncc1CO[C@@]1(C(F)(F)F)O[C@@H]3O[C@]4(C)CC[C@H]5[C@H](C)CC[C@@H]([C@H]1C)[C@@]35OO4)(C(F)(F)F)[C@@H]2C. The molecule has 1 N–H and O–H groups in total. The third kappa shape index (κ3) is 6.18. The fraction of sp³-hybridized carbons (Fsp3) is 0.946. The third-order valence-corrected chi connectivity index (χ3v) is 14.8. The maximum atomic E-state index is 15.4. The van der Waals surface area contributed by atoms with Gasteiger partial charge in [-0.3, -0.25) is 0 Å². The molecule has 2 bridgehead atoms. The first-order chi connectivity index (χ1) is 26.2. The summed E-state index contributed by atoms with van der Waals surface area (Å²) in [6.07, 6.45) is -7.63.